The van der Waals surface area contributed by atoms with E-state index in [2.05, 4.69) is 19.6 Å². The first kappa shape index (κ1) is 24.1. The number of nitrogens with one attached hydrogen (secondary N) is 1. The molecule has 0 fully saturated rings. The van der Waals surface area contributed by atoms with Crippen LogP contribution in [-0.2, 0) is 11.3 Å². The summed E-state index contributed by atoms with van der Waals surface area (Å²) in [5.74, 6) is 5.40. The topological polar surface area (TPSA) is 116 Å². The summed E-state index contributed by atoms with van der Waals surface area (Å²) < 4.78 is 21.8. The van der Waals surface area contributed by atoms with Crippen LogP contribution in [0, 0.1) is 5.82 Å². The molecular formula is C21H27FN6O3S. The molecule has 1 aliphatic rings. The molecule has 172 valence electrons. The zero-order valence-corrected chi connectivity index (χ0v) is 19.0. The van der Waals surface area contributed by atoms with E-state index in [1.165, 1.54) is 23.0 Å². The Morgan fingerprint density at radius 1 is 1.50 bits per heavy atom. The van der Waals surface area contributed by atoms with Gasteiger partial charge in [-0.1, -0.05) is 6.07 Å². The van der Waals surface area contributed by atoms with Gasteiger partial charge in [-0.2, -0.15) is 0 Å². The zero-order chi connectivity index (χ0) is 23.3. The number of aliphatic hydroxyl groups excluding tert-OH is 1. The second-order valence-corrected chi connectivity index (χ2v) is 8.37. The second-order valence-electron chi connectivity index (χ2n) is 7.24. The van der Waals surface area contributed by atoms with Crippen LogP contribution in [0.15, 0.2) is 40.2 Å². The minimum Gasteiger partial charge on any atom is -0.394 e. The molecule has 1 aliphatic heterocycles. The average Bonchev–Trinajstić information content (AvgIpc) is 3.18. The Balaban J connectivity index is 1.77. The van der Waals surface area contributed by atoms with Crippen LogP contribution in [0.1, 0.15) is 28.5 Å². The third-order valence-corrected chi connectivity index (χ3v) is 6.08. The van der Waals surface area contributed by atoms with Gasteiger partial charge in [-0.05, 0) is 48.7 Å². The quantitative estimate of drug-likeness (QED) is 0.179. The number of nitrogens with two attached hydrogens (primary N) is 1. The summed E-state index contributed by atoms with van der Waals surface area (Å²) in [6.45, 7) is 3.43. The van der Waals surface area contributed by atoms with E-state index in [4.69, 9.17) is 10.6 Å². The highest BCUT2D eigenvalue weighted by molar-refractivity contribution is 7.97. The number of ether oxygens (including phenoxy) is 1. The van der Waals surface area contributed by atoms with Crippen molar-refractivity contribution < 1.29 is 19.0 Å². The van der Waals surface area contributed by atoms with Crippen molar-refractivity contribution in [1.29, 1.82) is 0 Å². The maximum Gasteiger partial charge on any atom is 0.259 e. The molecule has 0 bridgehead atoms. The highest BCUT2D eigenvalue weighted by atomic mass is 32.2. The molecule has 0 spiro atoms. The third kappa shape index (κ3) is 5.43. The molecule has 0 saturated heterocycles. The number of pyridine rings is 1. The fourth-order valence-corrected chi connectivity index (χ4v) is 4.19. The maximum atomic E-state index is 14.7. The van der Waals surface area contributed by atoms with E-state index >= 15 is 0 Å². The molecule has 4 N–H and O–H groups in total. The number of halogens is 1. The highest BCUT2D eigenvalue weighted by Gasteiger charge is 2.24. The largest absolute Gasteiger partial charge is 0.394 e. The normalized spacial score (nSPS) is 14.9. The van der Waals surface area contributed by atoms with E-state index in [0.29, 0.717) is 31.2 Å². The molecule has 1 aromatic heterocycles. The molecule has 1 unspecified atom stereocenters. The molecule has 0 saturated carbocycles. The van der Waals surface area contributed by atoms with Gasteiger partial charge >= 0.3 is 0 Å². The molecule has 2 aromatic rings. The van der Waals surface area contributed by atoms with Crippen LogP contribution in [0.2, 0.25) is 0 Å². The van der Waals surface area contributed by atoms with Gasteiger partial charge in [0.25, 0.3) is 5.91 Å². The molecular weight excluding hydrogens is 435 g/mol. The lowest BCUT2D eigenvalue weighted by Crippen LogP contribution is -2.46. The summed E-state index contributed by atoms with van der Waals surface area (Å²) in [5, 5.41) is 13.3. The first-order valence-electron chi connectivity index (χ1n) is 10.0. The van der Waals surface area contributed by atoms with E-state index in [0.717, 1.165) is 10.5 Å². The number of fused-ring (bicyclic) bond motifs is 1. The fraction of sp³-hybridized carbons (Fsp3) is 0.381. The molecule has 1 amide bonds. The number of hydrogen-bond acceptors (Lipinski definition) is 8. The van der Waals surface area contributed by atoms with Gasteiger partial charge < -0.3 is 15.2 Å². The number of benzene rings is 1. The lowest BCUT2D eigenvalue weighted by Gasteiger charge is -2.25. The van der Waals surface area contributed by atoms with Crippen LogP contribution < -0.4 is 11.2 Å². The van der Waals surface area contributed by atoms with E-state index in [9.17, 15) is 14.3 Å². The van der Waals surface area contributed by atoms with Gasteiger partial charge in [-0.25, -0.2) is 19.5 Å². The molecule has 11 heteroatoms. The Labute approximate surface area is 190 Å². The van der Waals surface area contributed by atoms with Crippen molar-refractivity contribution >= 4 is 29.5 Å². The van der Waals surface area contributed by atoms with Gasteiger partial charge in [0, 0.05) is 32.1 Å². The third-order valence-electron chi connectivity index (χ3n) is 4.93. The van der Waals surface area contributed by atoms with Gasteiger partial charge in [-0.15, -0.1) is 0 Å². The number of aliphatic hydroxyl groups is 1. The zero-order valence-electron chi connectivity index (χ0n) is 18.2. The molecule has 3 rings (SSSR count). The summed E-state index contributed by atoms with van der Waals surface area (Å²) >= 11 is 1.48. The number of aromatic nitrogens is 1. The van der Waals surface area contributed by atoms with E-state index < -0.39 is 11.7 Å². The van der Waals surface area contributed by atoms with E-state index in [1.807, 2.05) is 0 Å². The molecule has 9 nitrogen and oxygen atoms in total. The van der Waals surface area contributed by atoms with Crippen LogP contribution in [0.4, 0.5) is 10.2 Å². The van der Waals surface area contributed by atoms with Gasteiger partial charge in [0.1, 0.15) is 17.3 Å². The number of aliphatic imine (C=N–C) groups is 1. The van der Waals surface area contributed by atoms with Gasteiger partial charge in [0.15, 0.2) is 5.84 Å². The SMILES string of the molecule is CN=C(c1cccc(NC(=O)c2cc3c(cc2F)CN(CCOC)S3)n1)N(N)C(C)CO. The number of anilines is 1. The van der Waals surface area contributed by atoms with E-state index in [1.54, 1.807) is 45.3 Å². The molecule has 1 aromatic carbocycles. The molecule has 32 heavy (non-hydrogen) atoms. The van der Waals surface area contributed by atoms with Gasteiger partial charge in [0.05, 0.1) is 24.8 Å². The van der Waals surface area contributed by atoms with E-state index in [-0.39, 0.29) is 24.0 Å². The average molecular weight is 463 g/mol. The van der Waals surface area contributed by atoms with Crippen molar-refractivity contribution in [3.05, 3.63) is 53.0 Å². The van der Waals surface area contributed by atoms with Crippen LogP contribution in [0.5, 0.6) is 0 Å². The number of carbonyl (C=O) groups is 1. The van der Waals surface area contributed by atoms with Crippen molar-refractivity contribution in [2.45, 2.75) is 24.4 Å². The first-order chi connectivity index (χ1) is 15.4. The Morgan fingerprint density at radius 3 is 2.97 bits per heavy atom. The number of methoxy groups -OCH3 is 1. The number of amidine groups is 1. The van der Waals surface area contributed by atoms with Crippen molar-refractivity contribution in [3.63, 3.8) is 0 Å². The summed E-state index contributed by atoms with van der Waals surface area (Å²) in [6, 6.07) is 7.54. The van der Waals surface area contributed by atoms with Crippen LogP contribution in [-0.4, -0.2) is 71.1 Å². The summed E-state index contributed by atoms with van der Waals surface area (Å²) in [7, 11) is 3.19. The maximum absolute atomic E-state index is 14.7. The fourth-order valence-electron chi connectivity index (χ4n) is 3.13. The van der Waals surface area contributed by atoms with Crippen molar-refractivity contribution in [3.8, 4) is 0 Å². The van der Waals surface area contributed by atoms with Crippen molar-refractivity contribution in [1.82, 2.24) is 14.3 Å². The molecule has 2 heterocycles. The predicted octanol–water partition coefficient (Wildman–Crippen LogP) is 1.87. The standard InChI is InChI=1S/C21H27FN6O3S/c1-13(12-29)28(23)20(24-2)17-5-4-6-19(25-17)26-21(30)15-10-18-14(9-16(15)22)11-27(32-18)7-8-31-3/h4-6,9-10,13,29H,7-8,11-12,23H2,1-3H3,(H,25,26,30). The minimum atomic E-state index is -0.603. The summed E-state index contributed by atoms with van der Waals surface area (Å²) in [4.78, 5) is 22.2. The second kappa shape index (κ2) is 10.8. The Bertz CT molecular complexity index is 1010. The predicted molar refractivity (Wildman–Crippen MR) is 122 cm³/mol. The molecule has 1 atom stereocenters. The highest BCUT2D eigenvalue weighted by Crippen LogP contribution is 2.37. The number of carbonyl (C=O) groups excluding carboxylic acids is 1. The van der Waals surface area contributed by atoms with Crippen LogP contribution in [0.25, 0.3) is 0 Å². The smallest absolute Gasteiger partial charge is 0.259 e. The Hall–Kier alpha value is -2.57. The number of amides is 1. The van der Waals surface area contributed by atoms with Gasteiger partial charge in [-0.3, -0.25) is 14.8 Å². The van der Waals surface area contributed by atoms with Gasteiger partial charge in [0.2, 0.25) is 0 Å². The lowest BCUT2D eigenvalue weighted by molar-refractivity contribution is 0.102. The van der Waals surface area contributed by atoms with Crippen LogP contribution >= 0.6 is 11.9 Å². The molecule has 0 aliphatic carbocycles. The summed E-state index contributed by atoms with van der Waals surface area (Å²) in [5.41, 5.74) is 1.19. The van der Waals surface area contributed by atoms with Crippen molar-refractivity contribution in [2.24, 2.45) is 10.8 Å². The number of hydrogen-bond donors (Lipinski definition) is 3. The van der Waals surface area contributed by atoms with Crippen molar-refractivity contribution in [2.75, 3.05) is 39.2 Å². The minimum absolute atomic E-state index is 0.0595. The monoisotopic (exact) mass is 462 g/mol. The first-order valence-corrected chi connectivity index (χ1v) is 10.8. The Kier molecular flexibility index (Phi) is 8.15. The Morgan fingerprint density at radius 2 is 2.28 bits per heavy atom. The number of nitrogens with zero attached hydrogens (tertiary/aromatic N) is 4. The lowest BCUT2D eigenvalue weighted by atomic mass is 10.1. The molecule has 0 radical (unpaired) electrons. The van der Waals surface area contributed by atoms with Crippen LogP contribution in [0.3, 0.4) is 0 Å². The summed E-state index contributed by atoms with van der Waals surface area (Å²) in [6.07, 6.45) is 0. The number of rotatable bonds is 8. The number of hydrazine groups is 1.